The Bertz CT molecular complexity index is 1350. The van der Waals surface area contributed by atoms with E-state index in [1.54, 1.807) is 24.3 Å². The van der Waals surface area contributed by atoms with Gasteiger partial charge < -0.3 is 5.32 Å². The molecule has 2 N–H and O–H groups in total. The lowest BCUT2D eigenvalue weighted by Gasteiger charge is -2.19. The average Bonchev–Trinajstić information content (AvgIpc) is 2.83. The van der Waals surface area contributed by atoms with Crippen molar-refractivity contribution >= 4 is 26.0 Å². The molecule has 0 radical (unpaired) electrons. The van der Waals surface area contributed by atoms with Crippen molar-refractivity contribution in [3.05, 3.63) is 95.6 Å². The van der Waals surface area contributed by atoms with Crippen LogP contribution in [-0.4, -0.2) is 47.2 Å². The minimum Gasteiger partial charge on any atom is -0.351 e. The van der Waals surface area contributed by atoms with Crippen molar-refractivity contribution in [1.82, 2.24) is 14.3 Å². The predicted molar refractivity (Wildman–Crippen MR) is 135 cm³/mol. The van der Waals surface area contributed by atoms with Crippen molar-refractivity contribution in [3.63, 3.8) is 0 Å². The highest BCUT2D eigenvalue weighted by Gasteiger charge is 2.26. The fraction of sp³-hybridized carbons (Fsp3) is 0.240. The van der Waals surface area contributed by atoms with Crippen LogP contribution in [0.1, 0.15) is 16.7 Å². The van der Waals surface area contributed by atoms with E-state index in [4.69, 9.17) is 0 Å². The van der Waals surface area contributed by atoms with E-state index < -0.39 is 32.0 Å². The fourth-order valence-corrected chi connectivity index (χ4v) is 5.41. The number of carbonyl (C=O) groups is 1. The van der Waals surface area contributed by atoms with E-state index in [2.05, 4.69) is 10.0 Å². The maximum absolute atomic E-state index is 13.1. The topological polar surface area (TPSA) is 113 Å². The molecule has 0 aliphatic carbocycles. The summed E-state index contributed by atoms with van der Waals surface area (Å²) in [6.07, 6.45) is 0.164. The van der Waals surface area contributed by atoms with Gasteiger partial charge in [-0.2, -0.15) is 4.72 Å². The average molecular weight is 516 g/mol. The van der Waals surface area contributed by atoms with E-state index in [1.807, 2.05) is 37.3 Å². The molecule has 0 bridgehead atoms. The standard InChI is InChI=1S/C25H29N3O5S2/c1-19-9-13-22(14-10-19)34(30,31)27-24(17-20-7-5-4-6-8-20)25(29)26-18-21-11-15-23(16-12-21)35(32,33)28(2)3/h4-16,24,27H,17-18H2,1-3H3,(H,26,29)/t24-/m1/s1. The molecule has 0 saturated heterocycles. The van der Waals surface area contributed by atoms with Gasteiger partial charge in [-0.3, -0.25) is 4.79 Å². The van der Waals surface area contributed by atoms with E-state index in [-0.39, 0.29) is 22.8 Å². The van der Waals surface area contributed by atoms with Crippen LogP contribution in [0.2, 0.25) is 0 Å². The summed E-state index contributed by atoms with van der Waals surface area (Å²) in [5, 5.41) is 2.76. The number of sulfonamides is 2. The predicted octanol–water partition coefficient (Wildman–Crippen LogP) is 2.45. The lowest BCUT2D eigenvalue weighted by Crippen LogP contribution is -2.47. The number of carbonyl (C=O) groups excluding carboxylic acids is 1. The normalized spacial score (nSPS) is 12.9. The van der Waals surface area contributed by atoms with Crippen LogP contribution in [0.4, 0.5) is 0 Å². The molecule has 0 unspecified atom stereocenters. The van der Waals surface area contributed by atoms with Crippen LogP contribution in [0.15, 0.2) is 88.7 Å². The Labute approximate surface area is 207 Å². The zero-order valence-corrected chi connectivity index (χ0v) is 21.4. The van der Waals surface area contributed by atoms with Crippen LogP contribution in [-0.2, 0) is 37.8 Å². The summed E-state index contributed by atoms with van der Waals surface area (Å²) in [7, 11) is -4.59. The number of aryl methyl sites for hydroxylation is 1. The lowest BCUT2D eigenvalue weighted by atomic mass is 10.1. The van der Waals surface area contributed by atoms with Gasteiger partial charge in [0, 0.05) is 20.6 Å². The number of amides is 1. The van der Waals surface area contributed by atoms with Gasteiger partial charge in [0.25, 0.3) is 0 Å². The molecule has 0 saturated carbocycles. The molecule has 0 aliphatic rings. The summed E-state index contributed by atoms with van der Waals surface area (Å²) in [5.41, 5.74) is 2.40. The highest BCUT2D eigenvalue weighted by Crippen LogP contribution is 2.15. The van der Waals surface area contributed by atoms with Crippen LogP contribution in [0.3, 0.4) is 0 Å². The molecular formula is C25H29N3O5S2. The van der Waals surface area contributed by atoms with E-state index >= 15 is 0 Å². The minimum atomic E-state index is -3.94. The molecule has 35 heavy (non-hydrogen) atoms. The maximum atomic E-state index is 13.1. The first kappa shape index (κ1) is 26.6. The second kappa shape index (κ2) is 11.1. The molecule has 10 heteroatoms. The Morgan fingerprint density at radius 3 is 1.94 bits per heavy atom. The summed E-state index contributed by atoms with van der Waals surface area (Å²) in [6.45, 7) is 1.97. The number of hydrogen-bond donors (Lipinski definition) is 2. The molecule has 3 aromatic rings. The van der Waals surface area contributed by atoms with Gasteiger partial charge in [-0.15, -0.1) is 0 Å². The second-order valence-electron chi connectivity index (χ2n) is 8.33. The molecule has 0 heterocycles. The van der Waals surface area contributed by atoms with Crippen molar-refractivity contribution in [2.24, 2.45) is 0 Å². The summed E-state index contributed by atoms with van der Waals surface area (Å²) >= 11 is 0. The number of benzene rings is 3. The Morgan fingerprint density at radius 2 is 1.37 bits per heavy atom. The van der Waals surface area contributed by atoms with Gasteiger partial charge in [0.2, 0.25) is 26.0 Å². The van der Waals surface area contributed by atoms with Crippen LogP contribution < -0.4 is 10.0 Å². The third-order valence-corrected chi connectivity index (χ3v) is 8.71. The molecule has 1 atom stereocenters. The van der Waals surface area contributed by atoms with Crippen molar-refractivity contribution in [3.8, 4) is 0 Å². The number of rotatable bonds is 10. The SMILES string of the molecule is Cc1ccc(S(=O)(=O)N[C@H](Cc2ccccc2)C(=O)NCc2ccc(S(=O)(=O)N(C)C)cc2)cc1. The highest BCUT2D eigenvalue weighted by atomic mass is 32.2. The van der Waals surface area contributed by atoms with E-state index in [0.29, 0.717) is 5.56 Å². The molecule has 0 aromatic heterocycles. The van der Waals surface area contributed by atoms with Gasteiger partial charge in [-0.25, -0.2) is 21.1 Å². The zero-order chi connectivity index (χ0) is 25.6. The third kappa shape index (κ3) is 6.98. The van der Waals surface area contributed by atoms with Gasteiger partial charge in [0.1, 0.15) is 6.04 Å². The smallest absolute Gasteiger partial charge is 0.242 e. The Morgan fingerprint density at radius 1 is 0.800 bits per heavy atom. The summed E-state index contributed by atoms with van der Waals surface area (Å²) in [5.74, 6) is -0.491. The highest BCUT2D eigenvalue weighted by molar-refractivity contribution is 7.89. The molecule has 3 aromatic carbocycles. The van der Waals surface area contributed by atoms with Gasteiger partial charge in [-0.05, 0) is 48.7 Å². The zero-order valence-electron chi connectivity index (χ0n) is 19.8. The van der Waals surface area contributed by atoms with Crippen molar-refractivity contribution < 1.29 is 21.6 Å². The van der Waals surface area contributed by atoms with Crippen molar-refractivity contribution in [2.75, 3.05) is 14.1 Å². The van der Waals surface area contributed by atoms with Gasteiger partial charge >= 0.3 is 0 Å². The number of nitrogens with one attached hydrogen (secondary N) is 2. The molecule has 3 rings (SSSR count). The monoisotopic (exact) mass is 515 g/mol. The first-order valence-electron chi connectivity index (χ1n) is 10.9. The molecule has 0 aliphatic heterocycles. The minimum absolute atomic E-state index is 0.0756. The first-order chi connectivity index (χ1) is 16.5. The third-order valence-electron chi connectivity index (χ3n) is 5.40. The van der Waals surface area contributed by atoms with Gasteiger partial charge in [0.05, 0.1) is 9.79 Å². The summed E-state index contributed by atoms with van der Waals surface area (Å²) in [6, 6.07) is 20.6. The molecule has 186 valence electrons. The fourth-order valence-electron chi connectivity index (χ4n) is 3.31. The maximum Gasteiger partial charge on any atom is 0.242 e. The van der Waals surface area contributed by atoms with Gasteiger partial charge in [0.15, 0.2) is 0 Å². The molecule has 0 fully saturated rings. The van der Waals surface area contributed by atoms with Crippen LogP contribution in [0.25, 0.3) is 0 Å². The Kier molecular flexibility index (Phi) is 8.44. The largest absolute Gasteiger partial charge is 0.351 e. The first-order valence-corrected chi connectivity index (χ1v) is 13.8. The quantitative estimate of drug-likeness (QED) is 0.431. The van der Waals surface area contributed by atoms with Crippen molar-refractivity contribution in [2.45, 2.75) is 35.7 Å². The Hall–Kier alpha value is -3.05. The lowest BCUT2D eigenvalue weighted by molar-refractivity contribution is -0.122. The van der Waals surface area contributed by atoms with E-state index in [0.717, 1.165) is 15.4 Å². The van der Waals surface area contributed by atoms with E-state index in [9.17, 15) is 21.6 Å². The summed E-state index contributed by atoms with van der Waals surface area (Å²) in [4.78, 5) is 13.3. The molecule has 0 spiro atoms. The second-order valence-corrected chi connectivity index (χ2v) is 12.2. The Balaban J connectivity index is 1.76. The number of nitrogens with zero attached hydrogens (tertiary/aromatic N) is 1. The van der Waals surface area contributed by atoms with Gasteiger partial charge in [-0.1, -0.05) is 60.2 Å². The molecule has 1 amide bonds. The van der Waals surface area contributed by atoms with Crippen molar-refractivity contribution in [1.29, 1.82) is 0 Å². The number of hydrogen-bond acceptors (Lipinski definition) is 5. The van der Waals surface area contributed by atoms with E-state index in [1.165, 1.54) is 38.4 Å². The van der Waals surface area contributed by atoms with Crippen LogP contribution in [0, 0.1) is 6.92 Å². The summed E-state index contributed by atoms with van der Waals surface area (Å²) < 4.78 is 54.0. The molecule has 8 nitrogen and oxygen atoms in total. The van der Waals surface area contributed by atoms with Crippen LogP contribution >= 0.6 is 0 Å². The molecular weight excluding hydrogens is 486 g/mol. The van der Waals surface area contributed by atoms with Crippen LogP contribution in [0.5, 0.6) is 0 Å².